The van der Waals surface area contributed by atoms with Crippen molar-refractivity contribution in [2.24, 2.45) is 11.8 Å². The quantitative estimate of drug-likeness (QED) is 0.146. The van der Waals surface area contributed by atoms with E-state index in [1.54, 1.807) is 0 Å². The fraction of sp³-hybridized carbons (Fsp3) is 0.364. The Morgan fingerprint density at radius 2 is 0.833 bits per heavy atom. The van der Waals surface area contributed by atoms with Crippen LogP contribution >= 0.6 is 100 Å². The molecule has 0 aliphatic carbocycles. The standard InChI is InChI=1S/C20H12Cl8O10P.C2H7N/c1-31-19(29)5-3-33-39(34-4-6(5)20(30)32-2,35-15-11(25)7(21)8(22)12(26)16(15)36-39)37-17-13(27)9(23)10(24)14(28)18(17)38-39;1-3-2/h5-6H,3-4H2,1-2H3;3H,1-2H3/q-1;/p+1/t5-,6-;/m1./s1. The Labute approximate surface area is 278 Å². The summed E-state index contributed by atoms with van der Waals surface area (Å²) in [6.07, 6.45) is 0. The molecule has 0 radical (unpaired) electrons. The van der Waals surface area contributed by atoms with Crippen molar-refractivity contribution in [3.63, 3.8) is 0 Å². The predicted octanol–water partition coefficient (Wildman–Crippen LogP) is 7.17. The van der Waals surface area contributed by atoms with Crippen LogP contribution in [0.25, 0.3) is 0 Å². The van der Waals surface area contributed by atoms with E-state index in [0.717, 1.165) is 14.2 Å². The van der Waals surface area contributed by atoms with Crippen LogP contribution in [0, 0.1) is 11.8 Å². The topological polar surface area (TPSA) is 125 Å². The van der Waals surface area contributed by atoms with Crippen LogP contribution in [0.4, 0.5) is 0 Å². The van der Waals surface area contributed by atoms with Crippen LogP contribution in [0.3, 0.4) is 0 Å². The molecule has 0 saturated carbocycles. The van der Waals surface area contributed by atoms with Crippen LogP contribution in [0.5, 0.6) is 23.0 Å². The number of methoxy groups -OCH3 is 2. The molecule has 2 atom stereocenters. The van der Waals surface area contributed by atoms with E-state index in [4.69, 9.17) is 129 Å². The Kier molecular flexibility index (Phi) is 9.36. The molecule has 0 unspecified atom stereocenters. The Bertz CT molecular complexity index is 1330. The van der Waals surface area contributed by atoms with Gasteiger partial charge in [0.2, 0.25) is 0 Å². The third-order valence-corrected chi connectivity index (χ3v) is 13.1. The second kappa shape index (κ2) is 11.5. The molecule has 3 aliphatic heterocycles. The monoisotopic (exact) mass is 769 g/mol. The molecule has 42 heavy (non-hydrogen) atoms. The molecular formula is C22H20Cl8NO10P. The summed E-state index contributed by atoms with van der Waals surface area (Å²) in [5.41, 5.74) is 0. The maximum Gasteiger partial charge on any atom is 0.0647 e. The third kappa shape index (κ3) is 4.98. The van der Waals surface area contributed by atoms with Crippen LogP contribution < -0.4 is 23.4 Å². The van der Waals surface area contributed by atoms with E-state index in [0.29, 0.717) is 0 Å². The molecule has 234 valence electrons. The van der Waals surface area contributed by atoms with Crippen molar-refractivity contribution in [2.45, 2.75) is 0 Å². The van der Waals surface area contributed by atoms with Crippen molar-refractivity contribution in [2.75, 3.05) is 41.5 Å². The van der Waals surface area contributed by atoms with E-state index in [1.165, 1.54) is 0 Å². The molecule has 2 aromatic carbocycles. The average molecular weight is 773 g/mol. The van der Waals surface area contributed by atoms with Crippen LogP contribution in [-0.4, -0.2) is 53.5 Å². The van der Waals surface area contributed by atoms with Gasteiger partial charge in [-0.25, -0.2) is 0 Å². The molecule has 11 nitrogen and oxygen atoms in total. The molecule has 1 fully saturated rings. The van der Waals surface area contributed by atoms with Gasteiger partial charge in [0, 0.05) is 0 Å². The fourth-order valence-electron chi connectivity index (χ4n) is 4.08. The van der Waals surface area contributed by atoms with E-state index in [-0.39, 0.29) is 63.2 Å². The first-order valence-corrected chi connectivity index (χ1v) is 16.7. The summed E-state index contributed by atoms with van der Waals surface area (Å²) in [6, 6.07) is 0. The zero-order valence-corrected chi connectivity index (χ0v) is 28.6. The van der Waals surface area contributed by atoms with Gasteiger partial charge in [-0.15, -0.1) is 0 Å². The van der Waals surface area contributed by atoms with Gasteiger partial charge in [-0.05, 0) is 0 Å². The van der Waals surface area contributed by atoms with E-state index in [9.17, 15) is 9.59 Å². The molecule has 5 rings (SSSR count). The van der Waals surface area contributed by atoms with Gasteiger partial charge in [0.1, 0.15) is 0 Å². The van der Waals surface area contributed by atoms with Crippen molar-refractivity contribution in [1.29, 1.82) is 0 Å². The third-order valence-electron chi connectivity index (χ3n) is 6.01. The molecule has 0 amide bonds. The molecule has 3 aliphatic rings. The predicted molar refractivity (Wildman–Crippen MR) is 159 cm³/mol. The fourth-order valence-corrected chi connectivity index (χ4v) is 9.92. The minimum absolute atomic E-state index is 0.228. The minimum atomic E-state index is -6.83. The number of fused-ring (bicyclic) bond motifs is 2. The van der Waals surface area contributed by atoms with Gasteiger partial charge in [-0.2, -0.15) is 0 Å². The van der Waals surface area contributed by atoms with Crippen molar-refractivity contribution < 1.29 is 51.5 Å². The van der Waals surface area contributed by atoms with Gasteiger partial charge in [-0.3, -0.25) is 0 Å². The van der Waals surface area contributed by atoms with Crippen molar-refractivity contribution in [3.05, 3.63) is 40.2 Å². The molecule has 2 aromatic rings. The van der Waals surface area contributed by atoms with E-state index in [2.05, 4.69) is 0 Å². The summed E-state index contributed by atoms with van der Waals surface area (Å²) in [5.74, 6) is -5.95. The SMILES string of the molecule is COC(=O)[C@@H]1CO[P-]23(OC[C@H]1C(=O)OC)(Oc1c(Cl)c(Cl)c(Cl)c(Cl)c1O2)Oc1c(Cl)c(Cl)c(Cl)c(Cl)c1O3.C[NH2+]C. The van der Waals surface area contributed by atoms with Gasteiger partial charge < -0.3 is 5.32 Å². The Hall–Kier alpha value is -0.790. The van der Waals surface area contributed by atoms with E-state index >= 15 is 0 Å². The summed E-state index contributed by atoms with van der Waals surface area (Å²) >= 11 is 50.6. The number of nitrogens with two attached hydrogens (primary N) is 1. The summed E-state index contributed by atoms with van der Waals surface area (Å²) in [7, 11) is -0.620. The summed E-state index contributed by atoms with van der Waals surface area (Å²) in [6.45, 7) is -1.45. The number of quaternary nitrogens is 1. The van der Waals surface area contributed by atoms with Crippen molar-refractivity contribution >= 4 is 112 Å². The number of hydrogen-bond donors (Lipinski definition) is 1. The molecule has 0 aromatic heterocycles. The number of benzene rings is 2. The minimum Gasteiger partial charge on any atom is -0.351 e. The van der Waals surface area contributed by atoms with Crippen LogP contribution in [0.2, 0.25) is 40.2 Å². The van der Waals surface area contributed by atoms with Gasteiger partial charge in [0.15, 0.2) is 0 Å². The van der Waals surface area contributed by atoms with Crippen molar-refractivity contribution in [1.82, 2.24) is 0 Å². The normalized spacial score (nSPS) is 23.4. The number of rotatable bonds is 2. The van der Waals surface area contributed by atoms with E-state index in [1.807, 2.05) is 19.4 Å². The van der Waals surface area contributed by atoms with Crippen LogP contribution in [-0.2, 0) is 28.1 Å². The Morgan fingerprint density at radius 1 is 0.595 bits per heavy atom. The molecule has 20 heteroatoms. The summed E-state index contributed by atoms with van der Waals surface area (Å²) in [5, 5.41) is -0.131. The number of esters is 2. The zero-order valence-electron chi connectivity index (χ0n) is 21.7. The molecule has 0 bridgehead atoms. The molecule has 3 heterocycles. The second-order valence-corrected chi connectivity index (χ2v) is 15.2. The first kappa shape index (κ1) is 34.1. The van der Waals surface area contributed by atoms with Crippen LogP contribution in [0.1, 0.15) is 0 Å². The number of hydrogen-bond acceptors (Lipinski definition) is 10. The van der Waals surface area contributed by atoms with Crippen molar-refractivity contribution in [3.8, 4) is 23.0 Å². The maximum atomic E-state index is 12.7. The second-order valence-electron chi connectivity index (χ2n) is 8.74. The first-order valence-electron chi connectivity index (χ1n) is 11.5. The molecule has 1 saturated heterocycles. The van der Waals surface area contributed by atoms with E-state index < -0.39 is 44.3 Å². The maximum absolute atomic E-state index is 12.7. The largest absolute Gasteiger partial charge is 0.351 e. The number of ether oxygens (including phenoxy) is 2. The Morgan fingerprint density at radius 3 is 1.05 bits per heavy atom. The average Bonchev–Trinajstić information content (AvgIpc) is 3.41. The smallest absolute Gasteiger partial charge is 0.0647 e. The Balaban J connectivity index is 0.00000129. The van der Waals surface area contributed by atoms with Crippen LogP contribution in [0.15, 0.2) is 0 Å². The zero-order chi connectivity index (χ0) is 31.4. The summed E-state index contributed by atoms with van der Waals surface area (Å²) < 4.78 is 46.5. The van der Waals surface area contributed by atoms with Gasteiger partial charge >= 0.3 is 261 Å². The number of halogens is 8. The summed E-state index contributed by atoms with van der Waals surface area (Å²) in [4.78, 5) is 25.4. The number of carbonyl (C=O) groups excluding carboxylic acids is 2. The first-order chi connectivity index (χ1) is 19.6. The van der Waals surface area contributed by atoms with Gasteiger partial charge in [-0.1, -0.05) is 0 Å². The van der Waals surface area contributed by atoms with Gasteiger partial charge in [0.05, 0.1) is 14.1 Å². The number of carbonyl (C=O) groups is 2. The molecule has 2 N–H and O–H groups in total. The molecular weight excluding hydrogens is 753 g/mol. The molecule has 1 spiro atoms. The van der Waals surface area contributed by atoms with Gasteiger partial charge in [0.25, 0.3) is 0 Å².